The van der Waals surface area contributed by atoms with Crippen LogP contribution in [0.15, 0.2) is 12.4 Å². The zero-order chi connectivity index (χ0) is 18.9. The lowest BCUT2D eigenvalue weighted by molar-refractivity contribution is -0.211. The van der Waals surface area contributed by atoms with Crippen molar-refractivity contribution in [2.24, 2.45) is 13.0 Å². The minimum atomic E-state index is -4.98. The highest BCUT2D eigenvalue weighted by Crippen LogP contribution is 2.26. The van der Waals surface area contributed by atoms with E-state index >= 15 is 0 Å². The zero-order valence-corrected chi connectivity index (χ0v) is 14.2. The van der Waals surface area contributed by atoms with E-state index in [1.54, 1.807) is 27.2 Å². The van der Waals surface area contributed by atoms with E-state index in [1.807, 2.05) is 0 Å². The molecule has 1 saturated heterocycles. The third-order valence-corrected chi connectivity index (χ3v) is 4.49. The molecule has 0 saturated carbocycles. The van der Waals surface area contributed by atoms with Gasteiger partial charge >= 0.3 is 6.18 Å². The summed E-state index contributed by atoms with van der Waals surface area (Å²) in [5.74, 6) is -1.82. The lowest BCUT2D eigenvalue weighted by Gasteiger charge is -2.41. The number of nitrogens with zero attached hydrogens (tertiary/aromatic N) is 4. The number of likely N-dealkylation sites (tertiary alicyclic amines) is 1. The molecule has 10 heteroatoms. The molecule has 3 atom stereocenters. The summed E-state index contributed by atoms with van der Waals surface area (Å²) in [6, 6.07) is -0.222. The summed E-state index contributed by atoms with van der Waals surface area (Å²) < 4.78 is 39.0. The van der Waals surface area contributed by atoms with Crippen LogP contribution in [0.3, 0.4) is 0 Å². The van der Waals surface area contributed by atoms with Crippen LogP contribution in [-0.2, 0) is 11.8 Å². The first-order valence-corrected chi connectivity index (χ1v) is 7.81. The lowest BCUT2D eigenvalue weighted by atomic mass is 9.92. The molecular formula is C15H21F3N4O3. The van der Waals surface area contributed by atoms with Crippen LogP contribution < -0.4 is 0 Å². The summed E-state index contributed by atoms with van der Waals surface area (Å²) in [4.78, 5) is 26.8. The number of piperidine rings is 1. The van der Waals surface area contributed by atoms with Crippen LogP contribution in [0.1, 0.15) is 23.7 Å². The summed E-state index contributed by atoms with van der Waals surface area (Å²) in [5, 5.41) is 13.1. The van der Waals surface area contributed by atoms with Crippen LogP contribution in [0.5, 0.6) is 0 Å². The van der Waals surface area contributed by atoms with E-state index in [0.717, 1.165) is 4.90 Å². The van der Waals surface area contributed by atoms with Gasteiger partial charge in [0.2, 0.25) is 6.10 Å². The maximum atomic E-state index is 12.5. The maximum Gasteiger partial charge on any atom is 0.423 e. The first-order chi connectivity index (χ1) is 11.5. The van der Waals surface area contributed by atoms with Crippen molar-refractivity contribution < 1.29 is 27.9 Å². The molecule has 1 aliphatic rings. The third kappa shape index (κ3) is 4.12. The molecule has 0 aromatic carbocycles. The van der Waals surface area contributed by atoms with E-state index in [9.17, 15) is 22.8 Å². The summed E-state index contributed by atoms with van der Waals surface area (Å²) in [5.41, 5.74) is 0.420. The molecule has 0 spiro atoms. The summed E-state index contributed by atoms with van der Waals surface area (Å²) in [6.07, 6.45) is -4.63. The molecule has 0 bridgehead atoms. The van der Waals surface area contributed by atoms with Gasteiger partial charge in [-0.3, -0.25) is 14.3 Å². The van der Waals surface area contributed by atoms with Gasteiger partial charge in [-0.05, 0) is 12.3 Å². The number of aromatic nitrogens is 2. The first kappa shape index (κ1) is 19.2. The van der Waals surface area contributed by atoms with Gasteiger partial charge < -0.3 is 14.9 Å². The Hall–Kier alpha value is -2.10. The largest absolute Gasteiger partial charge is 0.423 e. The van der Waals surface area contributed by atoms with E-state index in [1.165, 1.54) is 15.8 Å². The van der Waals surface area contributed by atoms with Gasteiger partial charge in [0.15, 0.2) is 0 Å². The number of aliphatic hydroxyl groups is 1. The third-order valence-electron chi connectivity index (χ3n) is 4.49. The van der Waals surface area contributed by atoms with E-state index < -0.39 is 18.2 Å². The van der Waals surface area contributed by atoms with Crippen molar-refractivity contribution in [3.8, 4) is 0 Å². The molecule has 2 heterocycles. The van der Waals surface area contributed by atoms with E-state index in [-0.39, 0.29) is 31.0 Å². The van der Waals surface area contributed by atoms with Gasteiger partial charge in [-0.25, -0.2) is 0 Å². The summed E-state index contributed by atoms with van der Waals surface area (Å²) in [7, 11) is 3.31. The van der Waals surface area contributed by atoms with Crippen LogP contribution in [-0.4, -0.2) is 75.0 Å². The van der Waals surface area contributed by atoms with Crippen LogP contribution >= 0.6 is 0 Å². The average molecular weight is 362 g/mol. The Bertz CT molecular complexity index is 646. The lowest BCUT2D eigenvalue weighted by Crippen LogP contribution is -2.55. The molecule has 0 radical (unpaired) electrons. The SMILES string of the molecule is CC1CN(C(=O)C(O)C(F)(F)F)CCC1N(C)C(=O)c1cnn(C)c1. The fraction of sp³-hybridized carbons (Fsp3) is 0.667. The van der Waals surface area contributed by atoms with Crippen LogP contribution in [0.25, 0.3) is 0 Å². The minimum absolute atomic E-state index is 0.0430. The molecule has 140 valence electrons. The minimum Gasteiger partial charge on any atom is -0.376 e. The van der Waals surface area contributed by atoms with Gasteiger partial charge in [0.25, 0.3) is 11.8 Å². The first-order valence-electron chi connectivity index (χ1n) is 7.81. The van der Waals surface area contributed by atoms with E-state index in [0.29, 0.717) is 12.0 Å². The Labute approximate surface area is 143 Å². The predicted octanol–water partition coefficient (Wildman–Crippen LogP) is 0.652. The number of aliphatic hydroxyl groups excluding tert-OH is 1. The fourth-order valence-electron chi connectivity index (χ4n) is 3.11. The highest BCUT2D eigenvalue weighted by molar-refractivity contribution is 5.93. The number of amides is 2. The number of hydrogen-bond acceptors (Lipinski definition) is 4. The normalized spacial score (nSPS) is 22.6. The van der Waals surface area contributed by atoms with Gasteiger partial charge in [0, 0.05) is 39.4 Å². The Morgan fingerprint density at radius 3 is 2.56 bits per heavy atom. The van der Waals surface area contributed by atoms with Gasteiger partial charge in [-0.1, -0.05) is 6.92 Å². The molecule has 1 aromatic heterocycles. The van der Waals surface area contributed by atoms with Crippen molar-refractivity contribution in [1.29, 1.82) is 0 Å². The number of alkyl halides is 3. The molecule has 1 aromatic rings. The molecule has 1 N–H and O–H groups in total. The van der Waals surface area contributed by atoms with Crippen LogP contribution in [0, 0.1) is 5.92 Å². The number of carbonyl (C=O) groups is 2. The number of aryl methyl sites for hydroxylation is 1. The number of hydrogen-bond donors (Lipinski definition) is 1. The molecule has 2 amide bonds. The summed E-state index contributed by atoms with van der Waals surface area (Å²) >= 11 is 0. The molecule has 25 heavy (non-hydrogen) atoms. The Morgan fingerprint density at radius 2 is 2.08 bits per heavy atom. The molecule has 1 fully saturated rings. The molecule has 0 aliphatic carbocycles. The van der Waals surface area contributed by atoms with E-state index in [4.69, 9.17) is 5.11 Å². The number of halogens is 3. The highest BCUT2D eigenvalue weighted by Gasteiger charge is 2.46. The van der Waals surface area contributed by atoms with E-state index in [2.05, 4.69) is 5.10 Å². The second-order valence-electron chi connectivity index (χ2n) is 6.38. The highest BCUT2D eigenvalue weighted by atomic mass is 19.4. The maximum absolute atomic E-state index is 12.5. The van der Waals surface area contributed by atoms with Crippen molar-refractivity contribution in [1.82, 2.24) is 19.6 Å². The molecule has 2 rings (SSSR count). The van der Waals surface area contributed by atoms with Crippen molar-refractivity contribution in [2.45, 2.75) is 31.7 Å². The molecule has 1 aliphatic heterocycles. The summed E-state index contributed by atoms with van der Waals surface area (Å²) in [6.45, 7) is 1.85. The Balaban J connectivity index is 2.01. The number of carbonyl (C=O) groups excluding carboxylic acids is 2. The molecule has 3 unspecified atom stereocenters. The van der Waals surface area contributed by atoms with Crippen LogP contribution in [0.2, 0.25) is 0 Å². The fourth-order valence-corrected chi connectivity index (χ4v) is 3.11. The predicted molar refractivity (Wildman–Crippen MR) is 81.5 cm³/mol. The standard InChI is InChI=1S/C15H21F3N4O3/c1-9-7-22(14(25)12(23)15(16,17)18)5-4-11(9)21(3)13(24)10-6-19-20(2)8-10/h6,8-9,11-12,23H,4-5,7H2,1-3H3. The Kier molecular flexibility index (Phi) is 5.40. The quantitative estimate of drug-likeness (QED) is 0.857. The van der Waals surface area contributed by atoms with Gasteiger partial charge in [-0.2, -0.15) is 18.3 Å². The van der Waals surface area contributed by atoms with Crippen molar-refractivity contribution in [3.05, 3.63) is 18.0 Å². The monoisotopic (exact) mass is 362 g/mol. The van der Waals surface area contributed by atoms with Gasteiger partial charge in [0.1, 0.15) is 0 Å². The topological polar surface area (TPSA) is 78.7 Å². The smallest absolute Gasteiger partial charge is 0.376 e. The van der Waals surface area contributed by atoms with Crippen LogP contribution in [0.4, 0.5) is 13.2 Å². The van der Waals surface area contributed by atoms with Crippen molar-refractivity contribution >= 4 is 11.8 Å². The Morgan fingerprint density at radius 1 is 1.44 bits per heavy atom. The molecule has 7 nitrogen and oxygen atoms in total. The van der Waals surface area contributed by atoms with Gasteiger partial charge in [0.05, 0.1) is 11.8 Å². The zero-order valence-electron chi connectivity index (χ0n) is 14.2. The second kappa shape index (κ2) is 7.03. The number of rotatable bonds is 3. The second-order valence-corrected chi connectivity index (χ2v) is 6.38. The van der Waals surface area contributed by atoms with Crippen molar-refractivity contribution in [2.75, 3.05) is 20.1 Å². The van der Waals surface area contributed by atoms with Crippen molar-refractivity contribution in [3.63, 3.8) is 0 Å². The molecular weight excluding hydrogens is 341 g/mol. The van der Waals surface area contributed by atoms with Gasteiger partial charge in [-0.15, -0.1) is 0 Å². The average Bonchev–Trinajstić information content (AvgIpc) is 2.97.